The highest BCUT2D eigenvalue weighted by Gasteiger charge is 2.07. The fraction of sp³-hybridized carbons (Fsp3) is 1.00. The van der Waals surface area contributed by atoms with E-state index in [1.165, 1.54) is 38.6 Å². The lowest BCUT2D eigenvalue weighted by Gasteiger charge is -2.24. The van der Waals surface area contributed by atoms with E-state index in [-0.39, 0.29) is 0 Å². The Balaban J connectivity index is 3.43. The quantitative estimate of drug-likeness (QED) is 0.577. The normalized spacial score (nSPS) is 15.4. The number of unbranched alkanes of at least 4 members (excludes halogenated alkanes) is 1. The Morgan fingerprint density at radius 2 is 1.75 bits per heavy atom. The van der Waals surface area contributed by atoms with Crippen LogP contribution in [0.3, 0.4) is 0 Å². The number of hydrogen-bond acceptors (Lipinski definition) is 2. The zero-order chi connectivity index (χ0) is 12.4. The molecule has 0 saturated heterocycles. The zero-order valence-electron chi connectivity index (χ0n) is 12.1. The predicted molar refractivity (Wildman–Crippen MR) is 74.0 cm³/mol. The third-order valence-corrected chi connectivity index (χ3v) is 3.41. The van der Waals surface area contributed by atoms with Gasteiger partial charge in [0.15, 0.2) is 0 Å². The molecular weight excluding hydrogens is 196 g/mol. The first-order chi connectivity index (χ1) is 7.61. The van der Waals surface area contributed by atoms with Gasteiger partial charge in [0.25, 0.3) is 0 Å². The Hall–Kier alpha value is -0.0800. The number of nitrogens with one attached hydrogen (secondary N) is 1. The van der Waals surface area contributed by atoms with E-state index < -0.39 is 0 Å². The van der Waals surface area contributed by atoms with Gasteiger partial charge in [0.1, 0.15) is 0 Å². The molecule has 16 heavy (non-hydrogen) atoms. The standard InChI is InChI=1S/C14H32N2/c1-6-10-14(4)16(5)12-9-8-11-13(3)15-7-2/h13-15H,6-12H2,1-5H3. The topological polar surface area (TPSA) is 15.3 Å². The predicted octanol–water partition coefficient (Wildman–Crippen LogP) is 3.28. The Morgan fingerprint density at radius 3 is 2.31 bits per heavy atom. The average Bonchev–Trinajstić information content (AvgIpc) is 2.24. The Labute approximate surface area is 103 Å². The Kier molecular flexibility index (Phi) is 10.0. The van der Waals surface area contributed by atoms with Crippen LogP contribution >= 0.6 is 0 Å². The summed E-state index contributed by atoms with van der Waals surface area (Å²) in [7, 11) is 2.26. The van der Waals surface area contributed by atoms with Crippen molar-refractivity contribution in [2.45, 2.75) is 71.9 Å². The summed E-state index contributed by atoms with van der Waals surface area (Å²) in [4.78, 5) is 2.50. The summed E-state index contributed by atoms with van der Waals surface area (Å²) in [5.41, 5.74) is 0. The summed E-state index contributed by atoms with van der Waals surface area (Å²) in [6, 6.07) is 1.43. The van der Waals surface area contributed by atoms with Crippen LogP contribution in [-0.4, -0.2) is 37.1 Å². The molecule has 0 aromatic rings. The Bertz CT molecular complexity index is 148. The van der Waals surface area contributed by atoms with Crippen molar-refractivity contribution in [2.75, 3.05) is 20.1 Å². The highest BCUT2D eigenvalue weighted by Crippen LogP contribution is 2.07. The summed E-state index contributed by atoms with van der Waals surface area (Å²) in [6.07, 6.45) is 6.61. The summed E-state index contributed by atoms with van der Waals surface area (Å²) in [6.45, 7) is 11.4. The molecule has 0 aliphatic carbocycles. The van der Waals surface area contributed by atoms with Crippen LogP contribution in [0.2, 0.25) is 0 Å². The largest absolute Gasteiger partial charge is 0.315 e. The van der Waals surface area contributed by atoms with Crippen molar-refractivity contribution in [3.05, 3.63) is 0 Å². The molecule has 0 aromatic heterocycles. The lowest BCUT2D eigenvalue weighted by molar-refractivity contribution is 0.238. The lowest BCUT2D eigenvalue weighted by Crippen LogP contribution is -2.30. The van der Waals surface area contributed by atoms with E-state index in [0.717, 1.165) is 12.6 Å². The molecule has 0 amide bonds. The molecule has 0 bridgehead atoms. The summed E-state index contributed by atoms with van der Waals surface area (Å²) < 4.78 is 0. The van der Waals surface area contributed by atoms with E-state index >= 15 is 0 Å². The SMILES string of the molecule is CCCC(C)N(C)CCCCC(C)NCC. The van der Waals surface area contributed by atoms with Gasteiger partial charge in [0.05, 0.1) is 0 Å². The van der Waals surface area contributed by atoms with E-state index in [1.54, 1.807) is 0 Å². The number of nitrogens with zero attached hydrogens (tertiary/aromatic N) is 1. The van der Waals surface area contributed by atoms with Gasteiger partial charge in [-0.1, -0.05) is 26.7 Å². The molecule has 0 rings (SSSR count). The molecule has 0 aliphatic rings. The van der Waals surface area contributed by atoms with Crippen molar-refractivity contribution in [1.82, 2.24) is 10.2 Å². The maximum absolute atomic E-state index is 3.46. The zero-order valence-corrected chi connectivity index (χ0v) is 12.1. The van der Waals surface area contributed by atoms with Crippen molar-refractivity contribution in [3.8, 4) is 0 Å². The molecule has 0 radical (unpaired) electrons. The van der Waals surface area contributed by atoms with E-state index in [0.29, 0.717) is 6.04 Å². The van der Waals surface area contributed by atoms with Crippen molar-refractivity contribution < 1.29 is 0 Å². The molecule has 0 aromatic carbocycles. The van der Waals surface area contributed by atoms with Crippen LogP contribution in [0.5, 0.6) is 0 Å². The minimum atomic E-state index is 0.684. The van der Waals surface area contributed by atoms with Gasteiger partial charge in [-0.2, -0.15) is 0 Å². The van der Waals surface area contributed by atoms with Crippen LogP contribution in [0.1, 0.15) is 59.8 Å². The maximum Gasteiger partial charge on any atom is 0.00637 e. The van der Waals surface area contributed by atoms with Crippen LogP contribution in [0.4, 0.5) is 0 Å². The van der Waals surface area contributed by atoms with Gasteiger partial charge in [0, 0.05) is 12.1 Å². The van der Waals surface area contributed by atoms with Crippen molar-refractivity contribution >= 4 is 0 Å². The monoisotopic (exact) mass is 228 g/mol. The van der Waals surface area contributed by atoms with Crippen LogP contribution in [0, 0.1) is 0 Å². The van der Waals surface area contributed by atoms with Crippen LogP contribution in [0.15, 0.2) is 0 Å². The Morgan fingerprint density at radius 1 is 1.06 bits per heavy atom. The molecule has 1 N–H and O–H groups in total. The molecule has 2 nitrogen and oxygen atoms in total. The fourth-order valence-electron chi connectivity index (χ4n) is 2.12. The first-order valence-electron chi connectivity index (χ1n) is 7.05. The molecule has 0 saturated carbocycles. The average molecular weight is 228 g/mol. The minimum Gasteiger partial charge on any atom is -0.315 e. The van der Waals surface area contributed by atoms with Crippen LogP contribution < -0.4 is 5.32 Å². The van der Waals surface area contributed by atoms with E-state index in [4.69, 9.17) is 0 Å². The molecule has 98 valence electrons. The van der Waals surface area contributed by atoms with Crippen molar-refractivity contribution in [1.29, 1.82) is 0 Å². The van der Waals surface area contributed by atoms with E-state index in [9.17, 15) is 0 Å². The lowest BCUT2D eigenvalue weighted by atomic mass is 10.1. The van der Waals surface area contributed by atoms with Gasteiger partial charge in [-0.15, -0.1) is 0 Å². The maximum atomic E-state index is 3.46. The first-order valence-corrected chi connectivity index (χ1v) is 7.05. The third-order valence-electron chi connectivity index (χ3n) is 3.41. The number of rotatable bonds is 10. The van der Waals surface area contributed by atoms with Gasteiger partial charge >= 0.3 is 0 Å². The van der Waals surface area contributed by atoms with Crippen LogP contribution in [-0.2, 0) is 0 Å². The van der Waals surface area contributed by atoms with Gasteiger partial charge < -0.3 is 10.2 Å². The smallest absolute Gasteiger partial charge is 0.00637 e. The van der Waals surface area contributed by atoms with Gasteiger partial charge in [-0.3, -0.25) is 0 Å². The minimum absolute atomic E-state index is 0.684. The molecule has 2 atom stereocenters. The van der Waals surface area contributed by atoms with E-state index in [1.807, 2.05) is 0 Å². The highest BCUT2D eigenvalue weighted by atomic mass is 15.1. The third kappa shape index (κ3) is 8.12. The summed E-state index contributed by atoms with van der Waals surface area (Å²) >= 11 is 0. The highest BCUT2D eigenvalue weighted by molar-refractivity contribution is 4.64. The second-order valence-corrected chi connectivity index (χ2v) is 5.07. The molecule has 0 aliphatic heterocycles. The second kappa shape index (κ2) is 10.1. The summed E-state index contributed by atoms with van der Waals surface area (Å²) in [5, 5.41) is 3.46. The molecule has 0 heterocycles. The fourth-order valence-corrected chi connectivity index (χ4v) is 2.12. The molecular formula is C14H32N2. The van der Waals surface area contributed by atoms with Crippen LogP contribution in [0.25, 0.3) is 0 Å². The molecule has 2 unspecified atom stereocenters. The van der Waals surface area contributed by atoms with Crippen molar-refractivity contribution in [3.63, 3.8) is 0 Å². The van der Waals surface area contributed by atoms with E-state index in [2.05, 4.69) is 45.0 Å². The number of hydrogen-bond donors (Lipinski definition) is 1. The van der Waals surface area contributed by atoms with Crippen molar-refractivity contribution in [2.24, 2.45) is 0 Å². The first kappa shape index (κ1) is 15.9. The molecule has 0 spiro atoms. The van der Waals surface area contributed by atoms with Gasteiger partial charge in [-0.05, 0) is 53.2 Å². The summed E-state index contributed by atoms with van der Waals surface area (Å²) in [5.74, 6) is 0. The second-order valence-electron chi connectivity index (χ2n) is 5.07. The molecule has 2 heteroatoms. The van der Waals surface area contributed by atoms with Gasteiger partial charge in [-0.25, -0.2) is 0 Å². The van der Waals surface area contributed by atoms with Gasteiger partial charge in [0.2, 0.25) is 0 Å². The molecule has 0 fully saturated rings.